The Hall–Kier alpha value is 0.465. The zero-order chi connectivity index (χ0) is 3.58. The van der Waals surface area contributed by atoms with Crippen molar-refractivity contribution in [3.63, 3.8) is 0 Å². The molecule has 3 heteroatoms. The Morgan fingerprint density at radius 1 is 2.00 bits per heavy atom. The number of hydrogen-bond acceptors (Lipinski definition) is 1. The molecular formula is CHBIN-. The van der Waals surface area contributed by atoms with Gasteiger partial charge in [-0.25, -0.2) is 3.62 Å². The van der Waals surface area contributed by atoms with Gasteiger partial charge in [-0.15, -0.1) is 0 Å². The van der Waals surface area contributed by atoms with E-state index in [1.54, 1.807) is 22.6 Å². The summed E-state index contributed by atoms with van der Waals surface area (Å²) in [6.45, 7) is 0. The largest absolute Gasteiger partial charge is 0.545 e. The highest BCUT2D eigenvalue weighted by atomic mass is 127. The van der Waals surface area contributed by atoms with Gasteiger partial charge in [0.25, 0.3) is 0 Å². The first kappa shape index (κ1) is 4.46. The van der Waals surface area contributed by atoms with Gasteiger partial charge in [0.15, 0.2) is 0 Å². The first-order valence-electron chi connectivity index (χ1n) is 0.728. The molecule has 0 aliphatic rings. The Morgan fingerprint density at radius 3 is 2.00 bits per heavy atom. The monoisotopic (exact) mass is 165 g/mol. The van der Waals surface area contributed by atoms with E-state index in [-0.39, 0.29) is 3.62 Å². The summed E-state index contributed by atoms with van der Waals surface area (Å²) >= 11 is 1.70. The summed E-state index contributed by atoms with van der Waals surface area (Å²) in [5, 5.41) is 6.26. The molecule has 1 nitrogen and oxygen atoms in total. The standard InChI is InChI=1S/CHBIN/c2-1(3)4/h4H/q-1. The fourth-order valence-electron chi connectivity index (χ4n) is 0. The van der Waals surface area contributed by atoms with Crippen LogP contribution in [-0.4, -0.2) is 11.5 Å². The Morgan fingerprint density at radius 2 is 2.00 bits per heavy atom. The molecule has 0 aromatic rings. The Bertz CT molecular complexity index is 31.0. The van der Waals surface area contributed by atoms with Gasteiger partial charge in [-0.1, -0.05) is 22.6 Å². The molecule has 0 amide bonds. The minimum Gasteiger partial charge on any atom is -0.545 e. The Kier molecular flexibility index (Phi) is 1.96. The lowest BCUT2D eigenvalue weighted by Crippen LogP contribution is -1.70. The van der Waals surface area contributed by atoms with Crippen LogP contribution in [0.15, 0.2) is 0 Å². The van der Waals surface area contributed by atoms with Gasteiger partial charge in [0.05, 0.1) is 0 Å². The second kappa shape index (κ2) is 1.75. The summed E-state index contributed by atoms with van der Waals surface area (Å²) in [6.07, 6.45) is 0. The second-order valence-electron chi connectivity index (χ2n) is 0.348. The summed E-state index contributed by atoms with van der Waals surface area (Å²) in [5.41, 5.74) is 0. The average molecular weight is 165 g/mol. The van der Waals surface area contributed by atoms with E-state index < -0.39 is 0 Å². The highest BCUT2D eigenvalue weighted by Crippen LogP contribution is 1.71. The van der Waals surface area contributed by atoms with Gasteiger partial charge in [-0.2, -0.15) is 0 Å². The molecule has 0 aliphatic heterocycles. The molecule has 21 valence electrons. The van der Waals surface area contributed by atoms with E-state index in [1.165, 1.54) is 0 Å². The Labute approximate surface area is 39.8 Å². The first-order valence-corrected chi connectivity index (χ1v) is 1.81. The van der Waals surface area contributed by atoms with Crippen LogP contribution >= 0.6 is 22.6 Å². The fourth-order valence-corrected chi connectivity index (χ4v) is 0. The molecule has 0 rings (SSSR count). The average Bonchev–Trinajstić information content (AvgIpc) is 0.811. The fraction of sp³-hybridized carbons (Fsp3) is 0. The van der Waals surface area contributed by atoms with Crippen molar-refractivity contribution in [3.05, 3.63) is 0 Å². The van der Waals surface area contributed by atoms with Crippen molar-refractivity contribution in [2.24, 2.45) is 0 Å². The van der Waals surface area contributed by atoms with Crippen LogP contribution in [0.4, 0.5) is 0 Å². The maximum atomic E-state index is 6.26. The van der Waals surface area contributed by atoms with Crippen LogP contribution in [0.25, 0.3) is 0 Å². The first-order chi connectivity index (χ1) is 1.73. The van der Waals surface area contributed by atoms with Gasteiger partial charge in [0.1, 0.15) is 0 Å². The van der Waals surface area contributed by atoms with E-state index in [4.69, 9.17) is 5.41 Å². The highest BCUT2D eigenvalue weighted by Gasteiger charge is 1.33. The van der Waals surface area contributed by atoms with Crippen LogP contribution in [0.1, 0.15) is 0 Å². The smallest absolute Gasteiger partial charge is 0.0856 e. The van der Waals surface area contributed by atoms with Crippen molar-refractivity contribution in [1.29, 1.82) is 5.41 Å². The van der Waals surface area contributed by atoms with Gasteiger partial charge in [-0.3, -0.25) is 0 Å². The SMILES string of the molecule is [B-]C(=N)I. The summed E-state index contributed by atoms with van der Waals surface area (Å²) in [7, 11) is 4.68. The number of rotatable bonds is 0. The third-order valence-electron chi connectivity index (χ3n) is 0. The lowest BCUT2D eigenvalue weighted by Gasteiger charge is -1.86. The van der Waals surface area contributed by atoms with Gasteiger partial charge in [-0.05, 0) is 0 Å². The van der Waals surface area contributed by atoms with Crippen LogP contribution in [0.3, 0.4) is 0 Å². The molecule has 0 spiro atoms. The summed E-state index contributed by atoms with van der Waals surface area (Å²) in [4.78, 5) is 0. The molecule has 4 heavy (non-hydrogen) atoms. The number of hydrogen-bond donors (Lipinski definition) is 1. The van der Waals surface area contributed by atoms with E-state index in [0.717, 1.165) is 0 Å². The minimum atomic E-state index is 0.137. The Balaban J connectivity index is 2.80. The zero-order valence-electron chi connectivity index (χ0n) is 1.96. The van der Waals surface area contributed by atoms with E-state index in [2.05, 4.69) is 7.85 Å². The molecule has 0 aromatic heterocycles. The van der Waals surface area contributed by atoms with E-state index in [0.29, 0.717) is 0 Å². The third-order valence-corrected chi connectivity index (χ3v) is 0. The van der Waals surface area contributed by atoms with Gasteiger partial charge < -0.3 is 13.3 Å². The molecule has 0 aromatic carbocycles. The normalized spacial score (nSPS) is 6.50. The molecular weight excluding hydrogens is 164 g/mol. The van der Waals surface area contributed by atoms with Crippen molar-refractivity contribution in [1.82, 2.24) is 0 Å². The molecule has 0 fully saturated rings. The predicted molar refractivity (Wildman–Crippen MR) is 27.5 cm³/mol. The quantitative estimate of drug-likeness (QED) is 0.307. The minimum absolute atomic E-state index is 0.137. The molecule has 3 radical (unpaired) electrons. The lowest BCUT2D eigenvalue weighted by atomic mass is 10.2. The third kappa shape index (κ3) is 24.5. The molecule has 1 N–H and O–H groups in total. The van der Waals surface area contributed by atoms with Crippen molar-refractivity contribution < 1.29 is 0 Å². The van der Waals surface area contributed by atoms with Crippen molar-refractivity contribution >= 4 is 34.1 Å². The molecule has 0 aliphatic carbocycles. The molecule has 0 bridgehead atoms. The highest BCUT2D eigenvalue weighted by molar-refractivity contribution is 14.1. The van der Waals surface area contributed by atoms with Crippen LogP contribution in [0.5, 0.6) is 0 Å². The molecule has 0 heterocycles. The molecule has 0 atom stereocenters. The van der Waals surface area contributed by atoms with Crippen LogP contribution in [-0.2, 0) is 0 Å². The van der Waals surface area contributed by atoms with E-state index in [9.17, 15) is 0 Å². The van der Waals surface area contributed by atoms with Gasteiger partial charge >= 0.3 is 0 Å². The van der Waals surface area contributed by atoms with Crippen molar-refractivity contribution in [2.75, 3.05) is 0 Å². The topological polar surface area (TPSA) is 23.9 Å². The zero-order valence-corrected chi connectivity index (χ0v) is 4.11. The second-order valence-corrected chi connectivity index (χ2v) is 1.51. The van der Waals surface area contributed by atoms with Gasteiger partial charge in [0.2, 0.25) is 0 Å². The summed E-state index contributed by atoms with van der Waals surface area (Å²) in [6, 6.07) is 0. The number of halogens is 1. The van der Waals surface area contributed by atoms with Crippen molar-refractivity contribution in [3.8, 4) is 0 Å². The maximum Gasteiger partial charge on any atom is -0.0856 e. The predicted octanol–water partition coefficient (Wildman–Crippen LogP) is 0.525. The molecule has 0 saturated heterocycles. The summed E-state index contributed by atoms with van der Waals surface area (Å²) in [5.74, 6) is 0. The van der Waals surface area contributed by atoms with E-state index >= 15 is 0 Å². The molecule has 0 unspecified atom stereocenters. The molecule has 0 saturated carbocycles. The van der Waals surface area contributed by atoms with Crippen LogP contribution < -0.4 is 0 Å². The maximum absolute atomic E-state index is 6.26. The summed E-state index contributed by atoms with van der Waals surface area (Å²) < 4.78 is 0.137. The van der Waals surface area contributed by atoms with Crippen LogP contribution in [0.2, 0.25) is 0 Å². The van der Waals surface area contributed by atoms with Gasteiger partial charge in [0, 0.05) is 0 Å². The van der Waals surface area contributed by atoms with E-state index in [1.807, 2.05) is 0 Å². The van der Waals surface area contributed by atoms with Crippen LogP contribution in [0, 0.1) is 5.41 Å². The number of nitrogens with one attached hydrogen (secondary N) is 1. The van der Waals surface area contributed by atoms with Crippen molar-refractivity contribution in [2.45, 2.75) is 0 Å². The lowest BCUT2D eigenvalue weighted by molar-refractivity contribution is 1.60.